The van der Waals surface area contributed by atoms with E-state index in [9.17, 15) is 12.8 Å². The maximum Gasteiger partial charge on any atom is 0.175 e. The van der Waals surface area contributed by atoms with Crippen molar-refractivity contribution < 1.29 is 22.3 Å². The van der Waals surface area contributed by atoms with E-state index < -0.39 is 16.5 Å². The lowest BCUT2D eigenvalue weighted by atomic mass is 9.89. The van der Waals surface area contributed by atoms with Crippen LogP contribution in [0.1, 0.15) is 31.4 Å². The van der Waals surface area contributed by atoms with Gasteiger partial charge in [-0.15, -0.1) is 0 Å². The summed E-state index contributed by atoms with van der Waals surface area (Å²) >= 11 is 0. The summed E-state index contributed by atoms with van der Waals surface area (Å²) in [5.41, 5.74) is 3.43. The maximum atomic E-state index is 13.6. The number of nitrogens with zero attached hydrogens (tertiary/aromatic N) is 2. The van der Waals surface area contributed by atoms with Gasteiger partial charge in [0, 0.05) is 48.6 Å². The monoisotopic (exact) mass is 582 g/mol. The van der Waals surface area contributed by atoms with Gasteiger partial charge >= 0.3 is 0 Å². The molecule has 0 unspecified atom stereocenters. The van der Waals surface area contributed by atoms with Crippen molar-refractivity contribution in [3.05, 3.63) is 48.2 Å². The number of methoxy groups -OCH3 is 1. The molecule has 0 amide bonds. The second kappa shape index (κ2) is 13.1. The molecule has 8 nitrogen and oxygen atoms in total. The molecule has 5 rings (SSSR count). The first-order valence-electron chi connectivity index (χ1n) is 14.2. The van der Waals surface area contributed by atoms with Gasteiger partial charge in [0.1, 0.15) is 12.4 Å². The zero-order valence-corrected chi connectivity index (χ0v) is 24.6. The molecular formula is C31H39FN4O4S. The SMILES string of the molecule is COc1cc(S(C)(=O)=O)ccc1NCC#Cc1cc2c(NC3CCC(N4CCOCC4)CC3)cccc2n1CCF. The van der Waals surface area contributed by atoms with Crippen molar-refractivity contribution in [2.24, 2.45) is 0 Å². The standard InChI is InChI=1S/C31H39FN4O4S/c1-39-31-22-26(41(2,37)38)12-13-29(31)33-15-4-5-25-21-27-28(6-3-7-30(27)36(25)16-14-32)34-23-8-10-24(11-9-23)35-17-19-40-20-18-35/h3,6-7,12-13,21-24,33-34H,8-11,14-20H2,1-2H3. The lowest BCUT2D eigenvalue weighted by Crippen LogP contribution is -2.46. The largest absolute Gasteiger partial charge is 0.495 e. The van der Waals surface area contributed by atoms with E-state index in [2.05, 4.69) is 33.4 Å². The molecule has 1 aliphatic heterocycles. The lowest BCUT2D eigenvalue weighted by Gasteiger charge is -2.39. The summed E-state index contributed by atoms with van der Waals surface area (Å²) < 4.78 is 50.1. The van der Waals surface area contributed by atoms with Gasteiger partial charge in [0.15, 0.2) is 9.84 Å². The zero-order chi connectivity index (χ0) is 28.8. The van der Waals surface area contributed by atoms with Gasteiger partial charge in [-0.1, -0.05) is 12.0 Å². The molecule has 2 aliphatic rings. The smallest absolute Gasteiger partial charge is 0.175 e. The predicted molar refractivity (Wildman–Crippen MR) is 161 cm³/mol. The minimum absolute atomic E-state index is 0.191. The van der Waals surface area contributed by atoms with Crippen LogP contribution >= 0.6 is 0 Å². The first kappa shape index (κ1) is 29.2. The predicted octanol–water partition coefficient (Wildman–Crippen LogP) is 4.54. The number of anilines is 2. The fourth-order valence-corrected chi connectivity index (χ4v) is 6.55. The van der Waals surface area contributed by atoms with E-state index in [0.29, 0.717) is 30.1 Å². The van der Waals surface area contributed by atoms with Crippen LogP contribution in [0.2, 0.25) is 0 Å². The number of aromatic nitrogens is 1. The Bertz CT molecular complexity index is 1510. The molecule has 1 aromatic heterocycles. The molecule has 0 bridgehead atoms. The number of rotatable bonds is 9. The second-order valence-corrected chi connectivity index (χ2v) is 12.7. The summed E-state index contributed by atoms with van der Waals surface area (Å²) in [6.45, 7) is 3.80. The topological polar surface area (TPSA) is 84.8 Å². The summed E-state index contributed by atoms with van der Waals surface area (Å²) in [7, 11) is -1.84. The fraction of sp³-hybridized carbons (Fsp3) is 0.484. The molecule has 41 heavy (non-hydrogen) atoms. The zero-order valence-electron chi connectivity index (χ0n) is 23.8. The van der Waals surface area contributed by atoms with E-state index >= 15 is 0 Å². The minimum Gasteiger partial charge on any atom is -0.495 e. The number of sulfone groups is 1. The van der Waals surface area contributed by atoms with Crippen LogP contribution in [-0.2, 0) is 21.1 Å². The van der Waals surface area contributed by atoms with Gasteiger partial charge in [0.2, 0.25) is 0 Å². The van der Waals surface area contributed by atoms with Crippen LogP contribution in [0.5, 0.6) is 5.75 Å². The highest BCUT2D eigenvalue weighted by molar-refractivity contribution is 7.90. The van der Waals surface area contributed by atoms with Crippen LogP contribution in [0.25, 0.3) is 10.9 Å². The normalized spacial score (nSPS) is 19.9. The second-order valence-electron chi connectivity index (χ2n) is 10.7. The third-order valence-electron chi connectivity index (χ3n) is 8.06. The Morgan fingerprint density at radius 2 is 1.85 bits per heavy atom. The molecule has 1 aliphatic carbocycles. The van der Waals surface area contributed by atoms with E-state index in [-0.39, 0.29) is 11.4 Å². The summed E-state index contributed by atoms with van der Waals surface area (Å²) in [4.78, 5) is 2.77. The molecule has 2 N–H and O–H groups in total. The molecular weight excluding hydrogens is 543 g/mol. The molecule has 2 heterocycles. The van der Waals surface area contributed by atoms with E-state index in [1.165, 1.54) is 32.1 Å². The molecule has 0 atom stereocenters. The van der Waals surface area contributed by atoms with Gasteiger partial charge in [-0.25, -0.2) is 12.8 Å². The molecule has 3 aromatic rings. The highest BCUT2D eigenvalue weighted by Gasteiger charge is 2.27. The van der Waals surface area contributed by atoms with Crippen molar-refractivity contribution in [2.75, 3.05) is 63.5 Å². The van der Waals surface area contributed by atoms with Crippen molar-refractivity contribution in [3.8, 4) is 17.6 Å². The number of hydrogen-bond donors (Lipinski definition) is 2. The van der Waals surface area contributed by atoms with Crippen LogP contribution < -0.4 is 15.4 Å². The van der Waals surface area contributed by atoms with Gasteiger partial charge in [0.05, 0.1) is 55.2 Å². The van der Waals surface area contributed by atoms with Crippen molar-refractivity contribution in [1.82, 2.24) is 9.47 Å². The third kappa shape index (κ3) is 6.97. The number of hydrogen-bond acceptors (Lipinski definition) is 7. The Balaban J connectivity index is 1.28. The van der Waals surface area contributed by atoms with Crippen molar-refractivity contribution in [3.63, 3.8) is 0 Å². The van der Waals surface area contributed by atoms with Gasteiger partial charge in [-0.2, -0.15) is 0 Å². The highest BCUT2D eigenvalue weighted by Crippen LogP contribution is 2.32. The molecule has 2 fully saturated rings. The number of aryl methyl sites for hydroxylation is 1. The Hall–Kier alpha value is -3.26. The van der Waals surface area contributed by atoms with Gasteiger partial charge < -0.3 is 24.7 Å². The van der Waals surface area contributed by atoms with Crippen molar-refractivity contribution >= 4 is 32.1 Å². The van der Waals surface area contributed by atoms with Gasteiger partial charge in [-0.3, -0.25) is 4.90 Å². The molecule has 1 saturated heterocycles. The van der Waals surface area contributed by atoms with Crippen LogP contribution in [-0.4, -0.2) is 82.9 Å². The number of halogens is 1. The number of benzene rings is 2. The number of fused-ring (bicyclic) bond motifs is 1. The Labute approximate surface area is 242 Å². The van der Waals surface area contributed by atoms with Gasteiger partial charge in [-0.05, 0) is 61.9 Å². The van der Waals surface area contributed by atoms with Crippen molar-refractivity contribution in [2.45, 2.75) is 49.2 Å². The quantitative estimate of drug-likeness (QED) is 0.359. The van der Waals surface area contributed by atoms with E-state index in [1.807, 2.05) is 22.8 Å². The Morgan fingerprint density at radius 3 is 2.56 bits per heavy atom. The lowest BCUT2D eigenvalue weighted by molar-refractivity contribution is 0.00791. The molecule has 1 saturated carbocycles. The summed E-state index contributed by atoms with van der Waals surface area (Å²) in [5.74, 6) is 6.77. The van der Waals surface area contributed by atoms with Crippen LogP contribution in [0.15, 0.2) is 47.4 Å². The van der Waals surface area contributed by atoms with Crippen LogP contribution in [0, 0.1) is 11.8 Å². The van der Waals surface area contributed by atoms with E-state index in [0.717, 1.165) is 67.7 Å². The number of ether oxygens (including phenoxy) is 2. The average molecular weight is 583 g/mol. The Morgan fingerprint density at radius 1 is 1.07 bits per heavy atom. The number of morpholine rings is 1. The maximum absolute atomic E-state index is 13.6. The summed E-state index contributed by atoms with van der Waals surface area (Å²) in [6, 6.07) is 13.9. The molecule has 0 spiro atoms. The minimum atomic E-state index is -3.34. The number of nitrogens with one attached hydrogen (secondary N) is 2. The molecule has 220 valence electrons. The average Bonchev–Trinajstić information content (AvgIpc) is 3.34. The Kier molecular flexibility index (Phi) is 9.38. The van der Waals surface area contributed by atoms with Gasteiger partial charge in [0.25, 0.3) is 0 Å². The third-order valence-corrected chi connectivity index (χ3v) is 9.17. The number of alkyl halides is 1. The first-order valence-corrected chi connectivity index (χ1v) is 16.1. The highest BCUT2D eigenvalue weighted by atomic mass is 32.2. The molecule has 10 heteroatoms. The first-order chi connectivity index (χ1) is 19.9. The van der Waals surface area contributed by atoms with Crippen molar-refractivity contribution in [1.29, 1.82) is 0 Å². The molecule has 0 radical (unpaired) electrons. The van der Waals surface area contributed by atoms with Crippen LogP contribution in [0.4, 0.5) is 15.8 Å². The summed E-state index contributed by atoms with van der Waals surface area (Å²) in [5, 5.41) is 8.02. The fourth-order valence-electron chi connectivity index (χ4n) is 5.91. The van der Waals surface area contributed by atoms with Crippen LogP contribution in [0.3, 0.4) is 0 Å². The summed E-state index contributed by atoms with van der Waals surface area (Å²) in [6.07, 6.45) is 5.77. The molecule has 2 aromatic carbocycles. The van der Waals surface area contributed by atoms with E-state index in [4.69, 9.17) is 9.47 Å². The van der Waals surface area contributed by atoms with E-state index in [1.54, 1.807) is 6.07 Å².